The smallest absolute Gasteiger partial charge is 0.306 e. The largest absolute Gasteiger partial charge is 0.456 e. The Balaban J connectivity index is 1.05. The molecule has 4 saturated carbocycles. The number of amides is 1. The van der Waals surface area contributed by atoms with Crippen LogP contribution < -0.4 is 5.32 Å². The average molecular weight is 396 g/mol. The molecule has 154 valence electrons. The van der Waals surface area contributed by atoms with Gasteiger partial charge in [0.05, 0.1) is 6.42 Å². The summed E-state index contributed by atoms with van der Waals surface area (Å²) < 4.78 is 10.8. The SMILES string of the molecule is O=C(COC(=O)CCc1nc2ccccc2o1)NCC12CC3CC(CC(C3)C1)C2. The molecule has 6 rings (SSSR count). The lowest BCUT2D eigenvalue weighted by atomic mass is 9.49. The lowest BCUT2D eigenvalue weighted by Gasteiger charge is -2.56. The van der Waals surface area contributed by atoms with Gasteiger partial charge in [0.1, 0.15) is 5.52 Å². The molecule has 6 nitrogen and oxygen atoms in total. The zero-order valence-corrected chi connectivity index (χ0v) is 16.7. The number of oxazole rings is 1. The van der Waals surface area contributed by atoms with Gasteiger partial charge in [-0.05, 0) is 73.8 Å². The van der Waals surface area contributed by atoms with Crippen LogP contribution in [0.15, 0.2) is 28.7 Å². The monoisotopic (exact) mass is 396 g/mol. The number of carbonyl (C=O) groups is 2. The molecule has 4 aliphatic rings. The van der Waals surface area contributed by atoms with Crippen LogP contribution in [0.25, 0.3) is 11.1 Å². The number of carbonyl (C=O) groups excluding carboxylic acids is 2. The molecular weight excluding hydrogens is 368 g/mol. The third-order valence-electron chi connectivity index (χ3n) is 7.07. The molecule has 0 spiro atoms. The van der Waals surface area contributed by atoms with Crippen LogP contribution in [0.5, 0.6) is 0 Å². The number of aromatic nitrogens is 1. The second-order valence-electron chi connectivity index (χ2n) is 9.43. The Morgan fingerprint density at radius 3 is 2.48 bits per heavy atom. The fourth-order valence-corrected chi connectivity index (χ4v) is 6.30. The van der Waals surface area contributed by atoms with Gasteiger partial charge in [0.25, 0.3) is 5.91 Å². The summed E-state index contributed by atoms with van der Waals surface area (Å²) in [5.74, 6) is 2.50. The summed E-state index contributed by atoms with van der Waals surface area (Å²) in [6.07, 6.45) is 8.45. The highest BCUT2D eigenvalue weighted by atomic mass is 16.5. The first kappa shape index (κ1) is 18.6. The van der Waals surface area contributed by atoms with Crippen LogP contribution in [-0.4, -0.2) is 30.0 Å². The first-order valence-electron chi connectivity index (χ1n) is 10.8. The van der Waals surface area contributed by atoms with Crippen LogP contribution in [0.1, 0.15) is 50.8 Å². The van der Waals surface area contributed by atoms with E-state index in [-0.39, 0.29) is 18.9 Å². The second kappa shape index (κ2) is 7.47. The summed E-state index contributed by atoms with van der Waals surface area (Å²) in [7, 11) is 0. The van der Waals surface area contributed by atoms with Crippen molar-refractivity contribution in [3.05, 3.63) is 30.2 Å². The molecule has 29 heavy (non-hydrogen) atoms. The van der Waals surface area contributed by atoms with E-state index < -0.39 is 5.97 Å². The number of para-hydroxylation sites is 2. The van der Waals surface area contributed by atoms with Gasteiger partial charge in [-0.3, -0.25) is 9.59 Å². The van der Waals surface area contributed by atoms with Gasteiger partial charge in [0, 0.05) is 13.0 Å². The lowest BCUT2D eigenvalue weighted by molar-refractivity contribution is -0.149. The zero-order chi connectivity index (χ0) is 19.8. The number of benzene rings is 1. The maximum atomic E-state index is 12.2. The number of hydrogen-bond acceptors (Lipinski definition) is 5. The summed E-state index contributed by atoms with van der Waals surface area (Å²) in [5.41, 5.74) is 1.78. The summed E-state index contributed by atoms with van der Waals surface area (Å²) in [6.45, 7) is 0.522. The zero-order valence-electron chi connectivity index (χ0n) is 16.7. The topological polar surface area (TPSA) is 81.4 Å². The lowest BCUT2D eigenvalue weighted by Crippen LogP contribution is -2.51. The molecule has 1 amide bonds. The van der Waals surface area contributed by atoms with Crippen molar-refractivity contribution in [1.29, 1.82) is 0 Å². The van der Waals surface area contributed by atoms with Gasteiger partial charge in [-0.15, -0.1) is 0 Å². The standard InChI is InChI=1S/C23H28N2O4/c26-20(24-14-23-10-15-7-16(11-23)9-17(8-15)12-23)13-28-22(27)6-5-21-25-18-3-1-2-4-19(18)29-21/h1-4,15-17H,5-14H2,(H,24,26). The quantitative estimate of drug-likeness (QED) is 0.723. The van der Waals surface area contributed by atoms with Crippen LogP contribution in [0, 0.1) is 23.2 Å². The number of nitrogens with zero attached hydrogens (tertiary/aromatic N) is 1. The fraction of sp³-hybridized carbons (Fsp3) is 0.609. The van der Waals surface area contributed by atoms with Gasteiger partial charge in [0.15, 0.2) is 18.1 Å². The molecule has 0 radical (unpaired) electrons. The third kappa shape index (κ3) is 4.02. The van der Waals surface area contributed by atoms with Crippen LogP contribution in [0.4, 0.5) is 0 Å². The molecular formula is C23H28N2O4. The maximum absolute atomic E-state index is 12.2. The highest BCUT2D eigenvalue weighted by molar-refractivity contribution is 5.80. The Morgan fingerprint density at radius 2 is 1.79 bits per heavy atom. The Morgan fingerprint density at radius 1 is 1.10 bits per heavy atom. The number of aryl methyl sites for hydroxylation is 1. The summed E-state index contributed by atoms with van der Waals surface area (Å²) in [6, 6.07) is 7.49. The fourth-order valence-electron chi connectivity index (χ4n) is 6.30. The number of ether oxygens (including phenoxy) is 1. The molecule has 1 N–H and O–H groups in total. The predicted molar refractivity (Wildman–Crippen MR) is 107 cm³/mol. The summed E-state index contributed by atoms with van der Waals surface area (Å²) in [4.78, 5) is 28.5. The second-order valence-corrected chi connectivity index (χ2v) is 9.43. The number of esters is 1. The highest BCUT2D eigenvalue weighted by Gasteiger charge is 2.50. The summed E-state index contributed by atoms with van der Waals surface area (Å²) in [5, 5.41) is 3.04. The van der Waals surface area contributed by atoms with E-state index in [0.29, 0.717) is 23.3 Å². The van der Waals surface area contributed by atoms with Crippen molar-refractivity contribution in [2.45, 2.75) is 51.4 Å². The Bertz CT molecular complexity index is 850. The molecule has 1 aromatic carbocycles. The van der Waals surface area contributed by atoms with Crippen LogP contribution in [0.3, 0.4) is 0 Å². The van der Waals surface area contributed by atoms with Gasteiger partial charge in [-0.1, -0.05) is 12.1 Å². The molecule has 0 atom stereocenters. The van der Waals surface area contributed by atoms with Gasteiger partial charge in [0.2, 0.25) is 0 Å². The molecule has 4 aliphatic carbocycles. The van der Waals surface area contributed by atoms with Gasteiger partial charge in [-0.2, -0.15) is 0 Å². The van der Waals surface area contributed by atoms with Crippen molar-refractivity contribution in [1.82, 2.24) is 10.3 Å². The number of nitrogens with one attached hydrogen (secondary N) is 1. The van der Waals surface area contributed by atoms with Crippen molar-refractivity contribution in [3.8, 4) is 0 Å². The first-order valence-corrected chi connectivity index (χ1v) is 10.8. The Labute approximate surface area is 170 Å². The minimum absolute atomic E-state index is 0.148. The van der Waals surface area contributed by atoms with E-state index in [9.17, 15) is 9.59 Å². The van der Waals surface area contributed by atoms with E-state index in [1.165, 1.54) is 38.5 Å². The number of hydrogen-bond donors (Lipinski definition) is 1. The first-order chi connectivity index (χ1) is 14.1. The Kier molecular flexibility index (Phi) is 4.80. The molecule has 0 aliphatic heterocycles. The molecule has 1 heterocycles. The van der Waals surface area contributed by atoms with Crippen molar-refractivity contribution < 1.29 is 18.7 Å². The van der Waals surface area contributed by atoms with Crippen LogP contribution >= 0.6 is 0 Å². The van der Waals surface area contributed by atoms with Crippen molar-refractivity contribution >= 4 is 23.0 Å². The van der Waals surface area contributed by atoms with E-state index in [1.807, 2.05) is 24.3 Å². The molecule has 4 bridgehead atoms. The molecule has 0 unspecified atom stereocenters. The number of fused-ring (bicyclic) bond motifs is 1. The van der Waals surface area contributed by atoms with Gasteiger partial charge in [-0.25, -0.2) is 4.98 Å². The normalized spacial score (nSPS) is 29.9. The molecule has 0 saturated heterocycles. The van der Waals surface area contributed by atoms with E-state index in [1.54, 1.807) is 0 Å². The summed E-state index contributed by atoms with van der Waals surface area (Å²) >= 11 is 0. The minimum atomic E-state index is -0.405. The van der Waals surface area contributed by atoms with E-state index >= 15 is 0 Å². The maximum Gasteiger partial charge on any atom is 0.306 e. The minimum Gasteiger partial charge on any atom is -0.456 e. The average Bonchev–Trinajstić information content (AvgIpc) is 3.11. The van der Waals surface area contributed by atoms with E-state index in [4.69, 9.17) is 9.15 Å². The van der Waals surface area contributed by atoms with Crippen molar-refractivity contribution in [2.24, 2.45) is 23.2 Å². The van der Waals surface area contributed by atoms with Gasteiger partial charge < -0.3 is 14.5 Å². The molecule has 1 aromatic heterocycles. The van der Waals surface area contributed by atoms with Gasteiger partial charge >= 0.3 is 5.97 Å². The van der Waals surface area contributed by atoms with E-state index in [2.05, 4.69) is 10.3 Å². The third-order valence-corrected chi connectivity index (χ3v) is 7.07. The predicted octanol–water partition coefficient (Wildman–Crippen LogP) is 3.64. The van der Waals surface area contributed by atoms with E-state index in [0.717, 1.165) is 29.8 Å². The highest BCUT2D eigenvalue weighted by Crippen LogP contribution is 2.59. The van der Waals surface area contributed by atoms with Crippen molar-refractivity contribution in [2.75, 3.05) is 13.2 Å². The van der Waals surface area contributed by atoms with Crippen molar-refractivity contribution in [3.63, 3.8) is 0 Å². The number of rotatable bonds is 7. The molecule has 2 aromatic rings. The van der Waals surface area contributed by atoms with Crippen LogP contribution in [-0.2, 0) is 20.7 Å². The molecule has 4 fully saturated rings. The molecule has 6 heteroatoms. The van der Waals surface area contributed by atoms with Crippen LogP contribution in [0.2, 0.25) is 0 Å². The Hall–Kier alpha value is -2.37.